The van der Waals surface area contributed by atoms with Crippen molar-refractivity contribution in [3.05, 3.63) is 64.2 Å². The largest absolute Gasteiger partial charge is 0.507 e. The van der Waals surface area contributed by atoms with Gasteiger partial charge in [-0.3, -0.25) is 9.59 Å². The fraction of sp³-hybridized carbons (Fsp3) is 0.448. The lowest BCUT2D eigenvalue weighted by Gasteiger charge is -2.26. The highest BCUT2D eigenvalue weighted by molar-refractivity contribution is 6.46. The zero-order valence-corrected chi connectivity index (χ0v) is 22.9. The number of rotatable bonds is 13. The summed E-state index contributed by atoms with van der Waals surface area (Å²) in [4.78, 5) is 30.0. The van der Waals surface area contributed by atoms with Crippen LogP contribution in [0, 0.1) is 0 Å². The highest BCUT2D eigenvalue weighted by Crippen LogP contribution is 2.42. The molecular formula is C29H37ClN2O5. The molecule has 2 aromatic carbocycles. The Labute approximate surface area is 224 Å². The van der Waals surface area contributed by atoms with Gasteiger partial charge in [-0.15, -0.1) is 0 Å². The van der Waals surface area contributed by atoms with Crippen molar-refractivity contribution in [1.29, 1.82) is 0 Å². The summed E-state index contributed by atoms with van der Waals surface area (Å²) in [6.45, 7) is 6.15. The van der Waals surface area contributed by atoms with Crippen LogP contribution in [-0.2, 0) is 9.59 Å². The second kappa shape index (κ2) is 13.5. The molecule has 0 bridgehead atoms. The van der Waals surface area contributed by atoms with Crippen LogP contribution in [0.15, 0.2) is 48.0 Å². The molecule has 3 rings (SSSR count). The number of benzene rings is 2. The van der Waals surface area contributed by atoms with E-state index in [-0.39, 0.29) is 11.3 Å². The fourth-order valence-corrected chi connectivity index (χ4v) is 4.52. The lowest BCUT2D eigenvalue weighted by atomic mass is 9.95. The molecule has 0 aliphatic carbocycles. The van der Waals surface area contributed by atoms with Gasteiger partial charge in [-0.25, -0.2) is 0 Å². The standard InChI is InChI=1S/C29H37ClN2O5/c1-5-7-8-18-37-23-15-12-21(19-24(23)36-6-2)26-25(27(33)20-10-13-22(30)14-11-20)28(34)29(35)32(26)17-9-16-31(3)4/h10-15,19,26,33H,5-9,16-18H2,1-4H3/b27-25+. The normalized spacial score (nSPS) is 17.0. The molecule has 1 atom stereocenters. The summed E-state index contributed by atoms with van der Waals surface area (Å²) in [5.74, 6) is -0.406. The summed E-state index contributed by atoms with van der Waals surface area (Å²) in [6, 6.07) is 11.2. The molecular weight excluding hydrogens is 492 g/mol. The van der Waals surface area contributed by atoms with Crippen LogP contribution >= 0.6 is 11.6 Å². The van der Waals surface area contributed by atoms with Crippen molar-refractivity contribution in [3.63, 3.8) is 0 Å². The molecule has 8 heteroatoms. The van der Waals surface area contributed by atoms with Gasteiger partial charge in [-0.2, -0.15) is 0 Å². The fourth-order valence-electron chi connectivity index (χ4n) is 4.39. The van der Waals surface area contributed by atoms with Crippen molar-refractivity contribution in [2.45, 2.75) is 45.6 Å². The topological polar surface area (TPSA) is 79.3 Å². The van der Waals surface area contributed by atoms with Gasteiger partial charge in [0.1, 0.15) is 5.76 Å². The van der Waals surface area contributed by atoms with E-state index in [4.69, 9.17) is 21.1 Å². The van der Waals surface area contributed by atoms with Crippen LogP contribution in [0.5, 0.6) is 11.5 Å². The maximum atomic E-state index is 13.3. The molecule has 1 saturated heterocycles. The first kappa shape index (κ1) is 28.5. The third kappa shape index (κ3) is 7.05. The number of carbonyl (C=O) groups is 2. The number of halogens is 1. The van der Waals surface area contributed by atoms with E-state index in [1.165, 1.54) is 0 Å². The molecule has 1 aliphatic heterocycles. The second-order valence-electron chi connectivity index (χ2n) is 9.35. The number of nitrogens with zero attached hydrogens (tertiary/aromatic N) is 2. The Hall–Kier alpha value is -3.03. The second-order valence-corrected chi connectivity index (χ2v) is 9.79. The average Bonchev–Trinajstić information content (AvgIpc) is 3.12. The number of hydrogen-bond acceptors (Lipinski definition) is 6. The Kier molecular flexibility index (Phi) is 10.4. The minimum absolute atomic E-state index is 0.0521. The highest BCUT2D eigenvalue weighted by atomic mass is 35.5. The van der Waals surface area contributed by atoms with E-state index in [9.17, 15) is 14.7 Å². The van der Waals surface area contributed by atoms with Crippen molar-refractivity contribution < 1.29 is 24.2 Å². The van der Waals surface area contributed by atoms with Crippen LogP contribution in [0.1, 0.15) is 56.7 Å². The molecule has 200 valence electrons. The van der Waals surface area contributed by atoms with Gasteiger partial charge in [0.15, 0.2) is 11.5 Å². The monoisotopic (exact) mass is 528 g/mol. The molecule has 1 N–H and O–H groups in total. The number of Topliss-reactive ketones (excluding diaryl/α,β-unsaturated/α-hetero) is 1. The van der Waals surface area contributed by atoms with Crippen molar-refractivity contribution >= 4 is 29.1 Å². The number of hydrogen-bond donors (Lipinski definition) is 1. The van der Waals surface area contributed by atoms with E-state index in [2.05, 4.69) is 6.92 Å². The van der Waals surface area contributed by atoms with Crippen LogP contribution in [0.2, 0.25) is 5.02 Å². The first-order valence-corrected chi connectivity index (χ1v) is 13.2. The van der Waals surface area contributed by atoms with Gasteiger partial charge in [0.25, 0.3) is 11.7 Å². The zero-order chi connectivity index (χ0) is 26.9. The van der Waals surface area contributed by atoms with E-state index in [0.29, 0.717) is 53.8 Å². The third-order valence-corrected chi connectivity index (χ3v) is 6.50. The maximum Gasteiger partial charge on any atom is 0.295 e. The SMILES string of the molecule is CCCCCOc1ccc(C2/C(=C(\O)c3ccc(Cl)cc3)C(=O)C(=O)N2CCCN(C)C)cc1OCC. The lowest BCUT2D eigenvalue weighted by molar-refractivity contribution is -0.139. The number of likely N-dealkylation sites (tertiary alicyclic amines) is 1. The Balaban J connectivity index is 2.06. The zero-order valence-electron chi connectivity index (χ0n) is 22.1. The Morgan fingerprint density at radius 3 is 2.38 bits per heavy atom. The van der Waals surface area contributed by atoms with Gasteiger partial charge in [0.05, 0.1) is 24.8 Å². The molecule has 1 unspecified atom stereocenters. The molecule has 1 amide bonds. The molecule has 1 aliphatic rings. The van der Waals surface area contributed by atoms with Gasteiger partial charge in [-0.05, 0) is 82.4 Å². The minimum Gasteiger partial charge on any atom is -0.507 e. The predicted molar refractivity (Wildman–Crippen MR) is 146 cm³/mol. The van der Waals surface area contributed by atoms with Crippen LogP contribution in [-0.4, -0.2) is 67.0 Å². The Bertz CT molecular complexity index is 1110. The molecule has 0 spiro atoms. The molecule has 37 heavy (non-hydrogen) atoms. The molecule has 1 heterocycles. The maximum absolute atomic E-state index is 13.3. The van der Waals surface area contributed by atoms with Gasteiger partial charge < -0.3 is 24.4 Å². The number of aliphatic hydroxyl groups excluding tert-OH is 1. The van der Waals surface area contributed by atoms with Crippen molar-refractivity contribution in [2.24, 2.45) is 0 Å². The number of unbranched alkanes of at least 4 members (excludes halogenated alkanes) is 2. The molecule has 1 fully saturated rings. The van der Waals surface area contributed by atoms with Crippen molar-refractivity contribution in [2.75, 3.05) is 40.4 Å². The van der Waals surface area contributed by atoms with E-state index >= 15 is 0 Å². The number of aliphatic hydroxyl groups is 1. The van der Waals surface area contributed by atoms with E-state index < -0.39 is 17.7 Å². The van der Waals surface area contributed by atoms with Crippen molar-refractivity contribution in [3.8, 4) is 11.5 Å². The number of carbonyl (C=O) groups excluding carboxylic acids is 2. The first-order chi connectivity index (χ1) is 17.8. The number of ether oxygens (including phenoxy) is 2. The van der Waals surface area contributed by atoms with Crippen LogP contribution < -0.4 is 9.47 Å². The smallest absolute Gasteiger partial charge is 0.295 e. The van der Waals surface area contributed by atoms with Gasteiger partial charge in [-0.1, -0.05) is 37.4 Å². The summed E-state index contributed by atoms with van der Waals surface area (Å²) >= 11 is 6.02. The summed E-state index contributed by atoms with van der Waals surface area (Å²) < 4.78 is 11.8. The van der Waals surface area contributed by atoms with Crippen molar-refractivity contribution in [1.82, 2.24) is 9.80 Å². The van der Waals surface area contributed by atoms with Crippen LogP contribution in [0.25, 0.3) is 5.76 Å². The summed E-state index contributed by atoms with van der Waals surface area (Å²) in [5, 5.41) is 11.7. The van der Waals surface area contributed by atoms with Crippen LogP contribution in [0.4, 0.5) is 0 Å². The van der Waals surface area contributed by atoms with Gasteiger partial charge in [0, 0.05) is 17.1 Å². The van der Waals surface area contributed by atoms with E-state index in [0.717, 1.165) is 25.8 Å². The quantitative estimate of drug-likeness (QED) is 0.156. The molecule has 7 nitrogen and oxygen atoms in total. The molecule has 0 aromatic heterocycles. The highest BCUT2D eigenvalue weighted by Gasteiger charge is 2.46. The van der Waals surface area contributed by atoms with E-state index in [1.54, 1.807) is 29.2 Å². The Morgan fingerprint density at radius 2 is 1.73 bits per heavy atom. The van der Waals surface area contributed by atoms with Gasteiger partial charge in [0.2, 0.25) is 0 Å². The molecule has 0 saturated carbocycles. The third-order valence-electron chi connectivity index (χ3n) is 6.25. The summed E-state index contributed by atoms with van der Waals surface area (Å²) in [5.41, 5.74) is 1.14. The summed E-state index contributed by atoms with van der Waals surface area (Å²) in [6.07, 6.45) is 3.79. The Morgan fingerprint density at radius 1 is 1.00 bits per heavy atom. The minimum atomic E-state index is -0.758. The predicted octanol–water partition coefficient (Wildman–Crippen LogP) is 5.68. The average molecular weight is 529 g/mol. The molecule has 2 aromatic rings. The van der Waals surface area contributed by atoms with Gasteiger partial charge >= 0.3 is 0 Å². The summed E-state index contributed by atoms with van der Waals surface area (Å²) in [7, 11) is 3.92. The lowest BCUT2D eigenvalue weighted by Crippen LogP contribution is -2.32. The molecule has 0 radical (unpaired) electrons. The number of amides is 1. The van der Waals surface area contributed by atoms with Crippen LogP contribution in [0.3, 0.4) is 0 Å². The first-order valence-electron chi connectivity index (χ1n) is 12.9. The van der Waals surface area contributed by atoms with E-state index in [1.807, 2.05) is 44.1 Å². The number of ketones is 1.